The molecule has 0 atom stereocenters. The zero-order valence-corrected chi connectivity index (χ0v) is 6.82. The van der Waals surface area contributed by atoms with Crippen LogP contribution in [0.2, 0.25) is 0 Å². The number of hydrogen-bond acceptors (Lipinski definition) is 2. The topological polar surface area (TPSA) is 26.3 Å². The van der Waals surface area contributed by atoms with Gasteiger partial charge in [-0.25, -0.2) is 0 Å². The molecule has 1 aromatic carbocycles. The largest absolute Gasteiger partial charge is 0.494 e. The highest BCUT2D eigenvalue weighted by Crippen LogP contribution is 2.07. The predicted octanol–water partition coefficient (Wildman–Crippen LogP) is 1.84. The van der Waals surface area contributed by atoms with Crippen molar-refractivity contribution in [3.05, 3.63) is 30.3 Å². The Bertz CT molecular complexity index is 219. The van der Waals surface area contributed by atoms with Crippen LogP contribution in [0.25, 0.3) is 0 Å². The van der Waals surface area contributed by atoms with Gasteiger partial charge < -0.3 is 9.53 Å². The number of carbonyl (C=O) groups excluding carboxylic acids is 1. The van der Waals surface area contributed by atoms with Gasteiger partial charge in [0, 0.05) is 6.42 Å². The number of aldehydes is 1. The first-order valence-electron chi connectivity index (χ1n) is 3.96. The fourth-order valence-electron chi connectivity index (χ4n) is 0.825. The molecule has 0 spiro atoms. The molecule has 12 heavy (non-hydrogen) atoms. The SMILES string of the molecule is O=CCCCOc1cc[c]cc1. The number of rotatable bonds is 5. The number of hydrogen-bond donors (Lipinski definition) is 0. The summed E-state index contributed by atoms with van der Waals surface area (Å²) in [4.78, 5) is 9.96. The monoisotopic (exact) mass is 163 g/mol. The van der Waals surface area contributed by atoms with E-state index in [0.717, 1.165) is 18.5 Å². The van der Waals surface area contributed by atoms with Crippen molar-refractivity contribution in [2.45, 2.75) is 12.8 Å². The summed E-state index contributed by atoms with van der Waals surface area (Å²) in [6.45, 7) is 0.600. The third-order valence-corrected chi connectivity index (χ3v) is 1.42. The Kier molecular flexibility index (Phi) is 3.92. The fraction of sp³-hybridized carbons (Fsp3) is 0.300. The lowest BCUT2D eigenvalue weighted by Gasteiger charge is -2.02. The van der Waals surface area contributed by atoms with Gasteiger partial charge in [-0.2, -0.15) is 0 Å². The van der Waals surface area contributed by atoms with E-state index in [-0.39, 0.29) is 0 Å². The van der Waals surface area contributed by atoms with Crippen LogP contribution in [-0.4, -0.2) is 12.9 Å². The Morgan fingerprint density at radius 3 is 2.83 bits per heavy atom. The summed E-state index contributed by atoms with van der Waals surface area (Å²) in [7, 11) is 0. The van der Waals surface area contributed by atoms with E-state index in [1.807, 2.05) is 12.1 Å². The van der Waals surface area contributed by atoms with E-state index < -0.39 is 0 Å². The number of carbonyl (C=O) groups is 1. The summed E-state index contributed by atoms with van der Waals surface area (Å²) in [5.41, 5.74) is 0. The van der Waals surface area contributed by atoms with E-state index in [1.54, 1.807) is 12.1 Å². The standard InChI is InChI=1S/C10H11O2/c11-8-4-5-9-12-10-6-2-1-3-7-10/h2-3,6-8H,4-5,9H2. The lowest BCUT2D eigenvalue weighted by atomic mass is 10.3. The summed E-state index contributed by atoms with van der Waals surface area (Å²) >= 11 is 0. The van der Waals surface area contributed by atoms with Crippen molar-refractivity contribution in [1.29, 1.82) is 0 Å². The average Bonchev–Trinajstić information content (AvgIpc) is 2.14. The Morgan fingerprint density at radius 2 is 2.17 bits per heavy atom. The molecule has 1 rings (SSSR count). The van der Waals surface area contributed by atoms with Crippen molar-refractivity contribution in [2.24, 2.45) is 0 Å². The van der Waals surface area contributed by atoms with Gasteiger partial charge >= 0.3 is 0 Å². The minimum absolute atomic E-state index is 0.568. The lowest BCUT2D eigenvalue weighted by Crippen LogP contribution is -1.96. The fourth-order valence-corrected chi connectivity index (χ4v) is 0.825. The summed E-state index contributed by atoms with van der Waals surface area (Å²) in [6, 6.07) is 10.2. The van der Waals surface area contributed by atoms with Gasteiger partial charge in [0.05, 0.1) is 6.61 Å². The highest BCUT2D eigenvalue weighted by molar-refractivity contribution is 5.48. The molecule has 0 bridgehead atoms. The van der Waals surface area contributed by atoms with Gasteiger partial charge in [0.1, 0.15) is 12.0 Å². The summed E-state index contributed by atoms with van der Waals surface area (Å²) in [6.07, 6.45) is 2.25. The second kappa shape index (κ2) is 5.35. The van der Waals surface area contributed by atoms with Gasteiger partial charge in [-0.05, 0) is 24.6 Å². The van der Waals surface area contributed by atoms with Gasteiger partial charge in [0.15, 0.2) is 0 Å². The smallest absolute Gasteiger partial charge is 0.120 e. The lowest BCUT2D eigenvalue weighted by molar-refractivity contribution is -0.108. The number of benzene rings is 1. The van der Waals surface area contributed by atoms with Crippen LogP contribution in [-0.2, 0) is 4.79 Å². The zero-order valence-electron chi connectivity index (χ0n) is 6.82. The molecule has 0 aliphatic rings. The molecule has 1 aromatic rings. The second-order valence-corrected chi connectivity index (χ2v) is 2.39. The van der Waals surface area contributed by atoms with Crippen LogP contribution in [0.5, 0.6) is 5.75 Å². The minimum atomic E-state index is 0.568. The molecule has 0 aromatic heterocycles. The molecule has 0 saturated carbocycles. The van der Waals surface area contributed by atoms with E-state index in [9.17, 15) is 4.79 Å². The first-order chi connectivity index (χ1) is 5.93. The minimum Gasteiger partial charge on any atom is -0.494 e. The maximum absolute atomic E-state index is 9.96. The Balaban J connectivity index is 2.20. The molecule has 2 nitrogen and oxygen atoms in total. The van der Waals surface area contributed by atoms with Crippen LogP contribution in [0.4, 0.5) is 0 Å². The van der Waals surface area contributed by atoms with E-state index >= 15 is 0 Å². The van der Waals surface area contributed by atoms with E-state index in [4.69, 9.17) is 4.74 Å². The Labute approximate surface area is 72.2 Å². The van der Waals surface area contributed by atoms with Crippen molar-refractivity contribution < 1.29 is 9.53 Å². The molecule has 0 aliphatic heterocycles. The number of unbranched alkanes of at least 4 members (excludes halogenated alkanes) is 1. The highest BCUT2D eigenvalue weighted by atomic mass is 16.5. The van der Waals surface area contributed by atoms with Gasteiger partial charge in [-0.15, -0.1) is 0 Å². The van der Waals surface area contributed by atoms with Crippen molar-refractivity contribution in [3.63, 3.8) is 0 Å². The normalized spacial score (nSPS) is 9.33. The Morgan fingerprint density at radius 1 is 1.42 bits per heavy atom. The first-order valence-corrected chi connectivity index (χ1v) is 3.96. The van der Waals surface area contributed by atoms with Crippen molar-refractivity contribution in [2.75, 3.05) is 6.61 Å². The average molecular weight is 163 g/mol. The van der Waals surface area contributed by atoms with E-state index in [1.165, 1.54) is 0 Å². The maximum Gasteiger partial charge on any atom is 0.120 e. The van der Waals surface area contributed by atoms with Crippen LogP contribution in [0.3, 0.4) is 0 Å². The van der Waals surface area contributed by atoms with Crippen LogP contribution >= 0.6 is 0 Å². The summed E-state index contributed by atoms with van der Waals surface area (Å²) in [5, 5.41) is 0. The maximum atomic E-state index is 9.96. The Hall–Kier alpha value is -1.31. The van der Waals surface area contributed by atoms with Crippen molar-refractivity contribution in [3.8, 4) is 5.75 Å². The third kappa shape index (κ3) is 3.19. The predicted molar refractivity (Wildman–Crippen MR) is 46.1 cm³/mol. The van der Waals surface area contributed by atoms with Crippen LogP contribution in [0.15, 0.2) is 24.3 Å². The third-order valence-electron chi connectivity index (χ3n) is 1.42. The van der Waals surface area contributed by atoms with Crippen molar-refractivity contribution in [1.82, 2.24) is 0 Å². The molecule has 0 N–H and O–H groups in total. The molecule has 0 unspecified atom stereocenters. The highest BCUT2D eigenvalue weighted by Gasteiger charge is 1.90. The first kappa shape index (κ1) is 8.78. The van der Waals surface area contributed by atoms with E-state index in [0.29, 0.717) is 13.0 Å². The second-order valence-electron chi connectivity index (χ2n) is 2.39. The van der Waals surface area contributed by atoms with Crippen LogP contribution in [0, 0.1) is 6.07 Å². The molecule has 63 valence electrons. The molecule has 0 fully saturated rings. The molecule has 0 amide bonds. The summed E-state index contributed by atoms with van der Waals surface area (Å²) in [5.74, 6) is 0.833. The molecule has 0 aliphatic carbocycles. The number of ether oxygens (including phenoxy) is 1. The quantitative estimate of drug-likeness (QED) is 0.489. The van der Waals surface area contributed by atoms with Gasteiger partial charge in [0.2, 0.25) is 0 Å². The molecular weight excluding hydrogens is 152 g/mol. The molecule has 0 saturated heterocycles. The van der Waals surface area contributed by atoms with E-state index in [2.05, 4.69) is 6.07 Å². The van der Waals surface area contributed by atoms with Crippen LogP contribution < -0.4 is 4.74 Å². The van der Waals surface area contributed by atoms with Gasteiger partial charge in [-0.1, -0.05) is 12.1 Å². The molecule has 0 heterocycles. The van der Waals surface area contributed by atoms with Crippen LogP contribution in [0.1, 0.15) is 12.8 Å². The van der Waals surface area contributed by atoms with Gasteiger partial charge in [-0.3, -0.25) is 0 Å². The molecule has 2 heteroatoms. The summed E-state index contributed by atoms with van der Waals surface area (Å²) < 4.78 is 5.33. The molecular formula is C10H11O2. The van der Waals surface area contributed by atoms with Crippen molar-refractivity contribution >= 4 is 6.29 Å². The molecule has 1 radical (unpaired) electrons. The zero-order chi connectivity index (χ0) is 8.65. The van der Waals surface area contributed by atoms with Gasteiger partial charge in [0.25, 0.3) is 0 Å².